The number of sulfone groups is 1. The van der Waals surface area contributed by atoms with E-state index in [1.165, 1.54) is 7.11 Å². The summed E-state index contributed by atoms with van der Waals surface area (Å²) in [6.45, 7) is 3.34. The maximum Gasteiger partial charge on any atom is 0.156 e. The van der Waals surface area contributed by atoms with Gasteiger partial charge in [-0.2, -0.15) is 0 Å². The van der Waals surface area contributed by atoms with Crippen molar-refractivity contribution in [2.24, 2.45) is 0 Å². The van der Waals surface area contributed by atoms with Crippen LogP contribution in [-0.4, -0.2) is 20.8 Å². The Hall–Kier alpha value is -1.23. The van der Waals surface area contributed by atoms with E-state index in [9.17, 15) is 8.42 Å². The van der Waals surface area contributed by atoms with Crippen molar-refractivity contribution in [1.82, 2.24) is 0 Å². The minimum Gasteiger partial charge on any atom is -0.495 e. The molecule has 0 aliphatic heterocycles. The highest BCUT2D eigenvalue weighted by Crippen LogP contribution is 2.23. The molecule has 0 saturated carbocycles. The lowest BCUT2D eigenvalue weighted by molar-refractivity contribution is 0.417. The largest absolute Gasteiger partial charge is 0.495 e. The first-order chi connectivity index (χ1) is 7.36. The molecule has 0 bridgehead atoms. The Morgan fingerprint density at radius 2 is 2.00 bits per heavy atom. The first-order valence-electron chi connectivity index (χ1n) is 5.01. The van der Waals surface area contributed by atoms with Crippen molar-refractivity contribution >= 4 is 15.5 Å². The number of benzene rings is 1. The van der Waals surface area contributed by atoms with E-state index < -0.39 is 9.84 Å². The first kappa shape index (κ1) is 12.8. The van der Waals surface area contributed by atoms with Crippen molar-refractivity contribution in [2.75, 3.05) is 12.8 Å². The van der Waals surface area contributed by atoms with E-state index in [1.54, 1.807) is 32.0 Å². The van der Waals surface area contributed by atoms with E-state index in [2.05, 4.69) is 0 Å². The van der Waals surface area contributed by atoms with Gasteiger partial charge in [0, 0.05) is 0 Å². The fourth-order valence-corrected chi connectivity index (χ4v) is 2.25. The van der Waals surface area contributed by atoms with Crippen LogP contribution in [0.3, 0.4) is 0 Å². The van der Waals surface area contributed by atoms with E-state index in [4.69, 9.17) is 10.5 Å². The lowest BCUT2D eigenvalue weighted by atomic mass is 10.2. The molecule has 1 aromatic carbocycles. The third-order valence-corrected chi connectivity index (χ3v) is 4.55. The minimum absolute atomic E-state index is 0.0128. The SMILES string of the molecule is COc1ccc(CS(=O)(=O)C(C)C)cc1N. The van der Waals surface area contributed by atoms with Crippen molar-refractivity contribution < 1.29 is 13.2 Å². The Kier molecular flexibility index (Phi) is 3.80. The summed E-state index contributed by atoms with van der Waals surface area (Å²) >= 11 is 0. The summed E-state index contributed by atoms with van der Waals surface area (Å²) in [5.74, 6) is 0.574. The number of nitrogen functional groups attached to an aromatic ring is 1. The van der Waals surface area contributed by atoms with Crippen LogP contribution in [0.15, 0.2) is 18.2 Å². The highest BCUT2D eigenvalue weighted by atomic mass is 32.2. The molecule has 5 heteroatoms. The summed E-state index contributed by atoms with van der Waals surface area (Å²) in [6, 6.07) is 5.04. The summed E-state index contributed by atoms with van der Waals surface area (Å²) in [5.41, 5.74) is 6.85. The molecule has 0 spiro atoms. The summed E-state index contributed by atoms with van der Waals surface area (Å²) in [6.07, 6.45) is 0. The Morgan fingerprint density at radius 1 is 1.38 bits per heavy atom. The molecule has 0 radical (unpaired) electrons. The predicted octanol–water partition coefficient (Wildman–Crippen LogP) is 1.60. The van der Waals surface area contributed by atoms with Gasteiger partial charge in [0.25, 0.3) is 0 Å². The van der Waals surface area contributed by atoms with Crippen LogP contribution in [0, 0.1) is 0 Å². The molecule has 1 aromatic rings. The van der Waals surface area contributed by atoms with Gasteiger partial charge in [-0.1, -0.05) is 6.07 Å². The second-order valence-corrected chi connectivity index (χ2v) is 6.49. The number of nitrogens with two attached hydrogens (primary N) is 1. The summed E-state index contributed by atoms with van der Waals surface area (Å²) < 4.78 is 28.4. The second kappa shape index (κ2) is 4.74. The smallest absolute Gasteiger partial charge is 0.156 e. The van der Waals surface area contributed by atoms with Gasteiger partial charge in [-0.15, -0.1) is 0 Å². The number of hydrogen-bond acceptors (Lipinski definition) is 4. The van der Waals surface area contributed by atoms with Crippen LogP contribution in [0.5, 0.6) is 5.75 Å². The van der Waals surface area contributed by atoms with Gasteiger partial charge in [-0.3, -0.25) is 0 Å². The normalized spacial score (nSPS) is 11.8. The van der Waals surface area contributed by atoms with Crippen LogP contribution >= 0.6 is 0 Å². The zero-order valence-corrected chi connectivity index (χ0v) is 10.5. The molecule has 1 rings (SSSR count). The van der Waals surface area contributed by atoms with Crippen molar-refractivity contribution in [2.45, 2.75) is 24.9 Å². The molecule has 0 aromatic heterocycles. The van der Waals surface area contributed by atoms with Crippen LogP contribution in [-0.2, 0) is 15.6 Å². The molecular weight excluding hydrogens is 226 g/mol. The number of anilines is 1. The van der Waals surface area contributed by atoms with Crippen LogP contribution in [0.25, 0.3) is 0 Å². The highest BCUT2D eigenvalue weighted by molar-refractivity contribution is 7.91. The van der Waals surface area contributed by atoms with Gasteiger partial charge in [0.2, 0.25) is 0 Å². The predicted molar refractivity (Wildman–Crippen MR) is 65.2 cm³/mol. The Bertz CT molecular complexity index is 466. The quantitative estimate of drug-likeness (QED) is 0.815. The number of rotatable bonds is 4. The molecular formula is C11H17NO3S. The molecule has 16 heavy (non-hydrogen) atoms. The van der Waals surface area contributed by atoms with Crippen molar-refractivity contribution in [3.8, 4) is 5.75 Å². The van der Waals surface area contributed by atoms with Crippen molar-refractivity contribution in [1.29, 1.82) is 0 Å². The molecule has 0 atom stereocenters. The third kappa shape index (κ3) is 2.88. The molecule has 0 aliphatic rings. The molecule has 4 nitrogen and oxygen atoms in total. The van der Waals surface area contributed by atoms with Crippen molar-refractivity contribution in [3.05, 3.63) is 23.8 Å². The molecule has 2 N–H and O–H groups in total. The monoisotopic (exact) mass is 243 g/mol. The topological polar surface area (TPSA) is 69.4 Å². The minimum atomic E-state index is -3.08. The van der Waals surface area contributed by atoms with Gasteiger partial charge in [0.05, 0.1) is 23.8 Å². The maximum atomic E-state index is 11.7. The van der Waals surface area contributed by atoms with Gasteiger partial charge >= 0.3 is 0 Å². The Labute approximate surface area is 96.3 Å². The number of ether oxygens (including phenoxy) is 1. The van der Waals surface area contributed by atoms with Crippen LogP contribution in [0.4, 0.5) is 5.69 Å². The fourth-order valence-electron chi connectivity index (χ4n) is 1.27. The first-order valence-corrected chi connectivity index (χ1v) is 6.72. The zero-order valence-electron chi connectivity index (χ0n) is 9.73. The van der Waals surface area contributed by atoms with Crippen LogP contribution in [0.1, 0.15) is 19.4 Å². The lowest BCUT2D eigenvalue weighted by Gasteiger charge is -2.09. The standard InChI is InChI=1S/C11H17NO3S/c1-8(2)16(13,14)7-9-4-5-11(15-3)10(12)6-9/h4-6,8H,7,12H2,1-3H3. The molecule has 0 fully saturated rings. The molecule has 90 valence electrons. The van der Waals surface area contributed by atoms with Gasteiger partial charge < -0.3 is 10.5 Å². The summed E-state index contributed by atoms with van der Waals surface area (Å²) in [7, 11) is -1.56. The van der Waals surface area contributed by atoms with Gasteiger partial charge in [0.1, 0.15) is 5.75 Å². The average molecular weight is 243 g/mol. The Morgan fingerprint density at radius 3 is 2.44 bits per heavy atom. The Balaban J connectivity index is 2.96. The van der Waals surface area contributed by atoms with Gasteiger partial charge in [0.15, 0.2) is 9.84 Å². The molecule has 0 saturated heterocycles. The summed E-state index contributed by atoms with van der Waals surface area (Å²) in [5, 5.41) is -0.379. The highest BCUT2D eigenvalue weighted by Gasteiger charge is 2.17. The fraction of sp³-hybridized carbons (Fsp3) is 0.455. The van der Waals surface area contributed by atoms with E-state index >= 15 is 0 Å². The van der Waals surface area contributed by atoms with Crippen LogP contribution in [0.2, 0.25) is 0 Å². The number of methoxy groups -OCH3 is 1. The van der Waals surface area contributed by atoms with Gasteiger partial charge in [-0.25, -0.2) is 8.42 Å². The molecule has 0 unspecified atom stereocenters. The zero-order chi connectivity index (χ0) is 12.3. The van der Waals surface area contributed by atoms with E-state index in [0.717, 1.165) is 0 Å². The van der Waals surface area contributed by atoms with E-state index in [-0.39, 0.29) is 11.0 Å². The van der Waals surface area contributed by atoms with E-state index in [0.29, 0.717) is 17.0 Å². The molecule has 0 amide bonds. The molecule has 0 aliphatic carbocycles. The summed E-state index contributed by atoms with van der Waals surface area (Å²) in [4.78, 5) is 0. The third-order valence-electron chi connectivity index (χ3n) is 2.38. The maximum absolute atomic E-state index is 11.7. The number of hydrogen-bond donors (Lipinski definition) is 1. The molecule has 0 heterocycles. The van der Waals surface area contributed by atoms with Crippen molar-refractivity contribution in [3.63, 3.8) is 0 Å². The second-order valence-electron chi connectivity index (χ2n) is 3.93. The lowest BCUT2D eigenvalue weighted by Crippen LogP contribution is -2.16. The van der Waals surface area contributed by atoms with E-state index in [1.807, 2.05) is 0 Å². The average Bonchev–Trinajstić information content (AvgIpc) is 2.17. The van der Waals surface area contributed by atoms with Gasteiger partial charge in [-0.05, 0) is 31.5 Å². The van der Waals surface area contributed by atoms with Crippen LogP contribution < -0.4 is 10.5 Å².